The van der Waals surface area contributed by atoms with E-state index in [4.69, 9.17) is 0 Å². The van der Waals surface area contributed by atoms with Gasteiger partial charge in [0, 0.05) is 0 Å². The smallest absolute Gasteiger partial charge is 0.311 e. The van der Waals surface area contributed by atoms with Gasteiger partial charge in [-0.2, -0.15) is 18.8 Å². The van der Waals surface area contributed by atoms with Crippen LogP contribution in [0.1, 0.15) is 47.5 Å². The van der Waals surface area contributed by atoms with Crippen LogP contribution < -0.4 is 18.9 Å². The predicted molar refractivity (Wildman–Crippen MR) is 45.7 cm³/mol. The molecule has 0 aromatic rings. The molecule has 0 atom stereocenters. The van der Waals surface area contributed by atoms with E-state index in [-0.39, 0.29) is 18.9 Å². The molecule has 0 amide bonds. The van der Waals surface area contributed by atoms with Crippen molar-refractivity contribution in [2.75, 3.05) is 0 Å². The number of hydrogen-bond donors (Lipinski definition) is 0. The Labute approximate surface area is 83.3 Å². The second-order valence-electron chi connectivity index (χ2n) is 4.79. The van der Waals surface area contributed by atoms with E-state index >= 15 is 0 Å². The summed E-state index contributed by atoms with van der Waals surface area (Å²) >= 11 is 0. The zero-order valence-corrected chi connectivity index (χ0v) is 8.91. The molecule has 1 heteroatoms. The molecule has 0 N–H and O–H groups in total. The number of rotatable bonds is 0. The van der Waals surface area contributed by atoms with Gasteiger partial charge in [-0.1, -0.05) is 39.5 Å². The van der Waals surface area contributed by atoms with Crippen molar-refractivity contribution in [2.24, 2.45) is 10.8 Å². The molecular weight excluding hydrogens is 127 g/mol. The second-order valence-corrected chi connectivity index (χ2v) is 4.79. The van der Waals surface area contributed by atoms with Crippen molar-refractivity contribution in [3.8, 4) is 0 Å². The topological polar surface area (TPSA) is 0 Å². The van der Waals surface area contributed by atoms with Crippen LogP contribution in [0.5, 0.6) is 0 Å². The molecule has 0 aromatic heterocycles. The first kappa shape index (κ1) is 11.6. The van der Waals surface area contributed by atoms with Crippen molar-refractivity contribution < 1.29 is 18.9 Å². The minimum atomic E-state index is 0. The maximum Gasteiger partial charge on any atom is 1.00 e. The van der Waals surface area contributed by atoms with Gasteiger partial charge in [-0.3, -0.25) is 0 Å². The summed E-state index contributed by atoms with van der Waals surface area (Å²) in [5.74, 6) is 1.68. The van der Waals surface area contributed by atoms with Gasteiger partial charge in [-0.15, -0.1) is 0 Å². The summed E-state index contributed by atoms with van der Waals surface area (Å²) in [6, 6.07) is 0. The van der Waals surface area contributed by atoms with Gasteiger partial charge in [0.2, 0.25) is 0 Å². The third-order valence-electron chi connectivity index (χ3n) is 3.88. The van der Waals surface area contributed by atoms with Gasteiger partial charge in [0.15, 0.2) is 0 Å². The monoisotopic (exact) mass is 146 g/mol. The van der Waals surface area contributed by atoms with E-state index in [1.54, 1.807) is 5.92 Å². The Kier molecular flexibility index (Phi) is 3.32. The summed E-state index contributed by atoms with van der Waals surface area (Å²) in [6.07, 6.45) is 2.70. The third kappa shape index (κ3) is 1.68. The van der Waals surface area contributed by atoms with Crippen LogP contribution in [-0.2, 0) is 0 Å². The molecule has 0 bridgehead atoms. The Bertz CT molecular complexity index is 136. The molecule has 11 heavy (non-hydrogen) atoms. The second kappa shape index (κ2) is 3.15. The van der Waals surface area contributed by atoms with E-state index < -0.39 is 0 Å². The van der Waals surface area contributed by atoms with Crippen LogP contribution in [0, 0.1) is 16.7 Å². The Balaban J connectivity index is 0.000001000. The van der Waals surface area contributed by atoms with Crippen molar-refractivity contribution >= 4 is 0 Å². The molecule has 1 saturated carbocycles. The predicted octanol–water partition coefficient (Wildman–Crippen LogP) is 0.431. The standard InChI is InChI=1S/C10H19.Li/c1-8-6-7-9(2,3)10(8,4)5;/h6-7H2,1-5H3;/q-1;+1. The van der Waals surface area contributed by atoms with Gasteiger partial charge < -0.3 is 5.92 Å². The average molecular weight is 146 g/mol. The Morgan fingerprint density at radius 2 is 1.55 bits per heavy atom. The molecule has 1 aliphatic rings. The molecule has 0 spiro atoms. The molecule has 0 heterocycles. The van der Waals surface area contributed by atoms with E-state index in [0.717, 1.165) is 0 Å². The Morgan fingerprint density at radius 3 is 1.64 bits per heavy atom. The van der Waals surface area contributed by atoms with Crippen LogP contribution >= 0.6 is 0 Å². The summed E-state index contributed by atoms with van der Waals surface area (Å²) in [7, 11) is 0. The van der Waals surface area contributed by atoms with Crippen LogP contribution in [0.25, 0.3) is 0 Å². The van der Waals surface area contributed by atoms with Crippen LogP contribution in [-0.4, -0.2) is 0 Å². The van der Waals surface area contributed by atoms with E-state index in [2.05, 4.69) is 34.6 Å². The fourth-order valence-electron chi connectivity index (χ4n) is 1.70. The van der Waals surface area contributed by atoms with Crippen molar-refractivity contribution in [2.45, 2.75) is 47.5 Å². The maximum atomic E-state index is 2.38. The fourth-order valence-corrected chi connectivity index (χ4v) is 1.70. The molecule has 0 radical (unpaired) electrons. The molecule has 0 nitrogen and oxygen atoms in total. The molecule has 0 aromatic carbocycles. The van der Waals surface area contributed by atoms with E-state index in [9.17, 15) is 0 Å². The summed E-state index contributed by atoms with van der Waals surface area (Å²) < 4.78 is 0. The van der Waals surface area contributed by atoms with Crippen molar-refractivity contribution in [3.63, 3.8) is 0 Å². The zero-order chi connectivity index (χ0) is 7.99. The van der Waals surface area contributed by atoms with Gasteiger partial charge in [0.05, 0.1) is 0 Å². The number of hydrogen-bond acceptors (Lipinski definition) is 0. The minimum absolute atomic E-state index is 0. The van der Waals surface area contributed by atoms with Crippen molar-refractivity contribution in [1.82, 2.24) is 0 Å². The molecule has 0 unspecified atom stereocenters. The van der Waals surface area contributed by atoms with E-state index in [0.29, 0.717) is 10.8 Å². The molecular formula is C10H19Li. The van der Waals surface area contributed by atoms with Crippen molar-refractivity contribution in [3.05, 3.63) is 5.92 Å². The minimum Gasteiger partial charge on any atom is -0.311 e. The van der Waals surface area contributed by atoms with Crippen LogP contribution in [0.15, 0.2) is 0 Å². The summed E-state index contributed by atoms with van der Waals surface area (Å²) in [5, 5.41) is 0. The summed E-state index contributed by atoms with van der Waals surface area (Å²) in [5.41, 5.74) is 0.990. The summed E-state index contributed by atoms with van der Waals surface area (Å²) in [4.78, 5) is 0. The van der Waals surface area contributed by atoms with Crippen LogP contribution in [0.2, 0.25) is 0 Å². The SMILES string of the molecule is C[C-]1CCC(C)(C)C1(C)C.[Li+]. The Morgan fingerprint density at radius 1 is 1.09 bits per heavy atom. The van der Waals surface area contributed by atoms with Crippen LogP contribution in [0.4, 0.5) is 0 Å². The van der Waals surface area contributed by atoms with Crippen LogP contribution in [0.3, 0.4) is 0 Å². The molecule has 60 valence electrons. The Hall–Kier alpha value is 0.597. The maximum absolute atomic E-state index is 2.38. The van der Waals surface area contributed by atoms with Gasteiger partial charge in [-0.25, -0.2) is 0 Å². The fraction of sp³-hybridized carbons (Fsp3) is 0.900. The molecule has 1 aliphatic carbocycles. The first-order valence-electron chi connectivity index (χ1n) is 4.21. The third-order valence-corrected chi connectivity index (χ3v) is 3.88. The molecule has 1 fully saturated rings. The van der Waals surface area contributed by atoms with Gasteiger partial charge in [-0.05, 0) is 0 Å². The zero-order valence-electron chi connectivity index (χ0n) is 8.91. The summed E-state index contributed by atoms with van der Waals surface area (Å²) in [6.45, 7) is 11.8. The quantitative estimate of drug-likeness (QED) is 0.343. The van der Waals surface area contributed by atoms with Gasteiger partial charge >= 0.3 is 18.9 Å². The molecule has 0 saturated heterocycles. The first-order chi connectivity index (χ1) is 4.38. The van der Waals surface area contributed by atoms with E-state index in [1.165, 1.54) is 12.8 Å². The average Bonchev–Trinajstić information content (AvgIpc) is 1.94. The van der Waals surface area contributed by atoms with Gasteiger partial charge in [0.1, 0.15) is 0 Å². The molecule has 1 rings (SSSR count). The van der Waals surface area contributed by atoms with E-state index in [1.807, 2.05) is 0 Å². The largest absolute Gasteiger partial charge is 1.00 e. The molecule has 0 aliphatic heterocycles. The van der Waals surface area contributed by atoms with Gasteiger partial charge in [0.25, 0.3) is 0 Å². The normalized spacial score (nSPS) is 28.1. The van der Waals surface area contributed by atoms with Crippen molar-refractivity contribution in [1.29, 1.82) is 0 Å². The first-order valence-corrected chi connectivity index (χ1v) is 4.21.